The van der Waals surface area contributed by atoms with E-state index in [0.717, 1.165) is 62.2 Å². The highest BCUT2D eigenvalue weighted by Crippen LogP contribution is 2.38. The number of hydrogen-bond acceptors (Lipinski definition) is 28. The number of pyridine rings is 3. The Bertz CT molecular complexity index is 6100. The van der Waals surface area contributed by atoms with Crippen molar-refractivity contribution in [2.24, 2.45) is 20.0 Å². The van der Waals surface area contributed by atoms with Crippen LogP contribution >= 0.6 is 0 Å². The van der Waals surface area contributed by atoms with Gasteiger partial charge >= 0.3 is 23.9 Å². The molecule has 7 heterocycles. The van der Waals surface area contributed by atoms with Gasteiger partial charge in [-0.05, 0) is 112 Å². The monoisotopic (exact) mass is 2020 g/mol. The second-order valence-electron chi connectivity index (χ2n) is 40.9. The molecule has 782 valence electrons. The zero-order valence-corrected chi connectivity index (χ0v) is 85.6. The first-order chi connectivity index (χ1) is 69.2. The van der Waals surface area contributed by atoms with Gasteiger partial charge in [-0.15, -0.1) is 0 Å². The molecule has 4 aliphatic heterocycles. The predicted octanol–water partition coefficient (Wildman–Crippen LogP) is 12.9. The fourth-order valence-corrected chi connectivity index (χ4v) is 15.9. The summed E-state index contributed by atoms with van der Waals surface area (Å²) in [7, 11) is 0. The molecule has 0 saturated heterocycles. The first-order valence-electron chi connectivity index (χ1n) is 48.3. The smallest absolute Gasteiger partial charge is 0.303 e. The number of carbonyl (C=O) groups is 12. The van der Waals surface area contributed by atoms with E-state index in [4.69, 9.17) is 6.57 Å². The molecular weight excluding hydrogens is 1890 g/mol. The number of ketones is 4. The normalized spacial score (nSPS) is 15.6. The summed E-state index contributed by atoms with van der Waals surface area (Å²) in [5.74, 6) is -7.22. The first kappa shape index (κ1) is 115. The molecule has 17 N–H and O–H groups in total. The number of hydrogen-bond donors (Lipinski definition) is 17. The van der Waals surface area contributed by atoms with Crippen LogP contribution in [0.15, 0.2) is 172 Å². The van der Waals surface area contributed by atoms with Crippen LogP contribution in [0.5, 0.6) is 0 Å². The van der Waals surface area contributed by atoms with Crippen molar-refractivity contribution in [1.82, 2.24) is 57.5 Å². The first-order valence-corrected chi connectivity index (χ1v) is 48.3. The highest BCUT2D eigenvalue weighted by atomic mass is 19.1. The van der Waals surface area contributed by atoms with Gasteiger partial charge in [-0.3, -0.25) is 82.5 Å². The number of amides is 4. The molecule has 5 aromatic carbocycles. The van der Waals surface area contributed by atoms with Gasteiger partial charge in [0.25, 0.3) is 23.6 Å². The number of aliphatic carboxylic acids is 4. The Morgan fingerprint density at radius 3 is 0.959 bits per heavy atom. The largest absolute Gasteiger partial charge is 0.481 e. The van der Waals surface area contributed by atoms with Crippen molar-refractivity contribution in [1.29, 1.82) is 0 Å². The number of benzene rings is 5. The fourth-order valence-electron chi connectivity index (χ4n) is 15.9. The summed E-state index contributed by atoms with van der Waals surface area (Å²) < 4.78 is 26.4. The maximum Gasteiger partial charge on any atom is 0.303 e. The summed E-state index contributed by atoms with van der Waals surface area (Å²) >= 11 is 0. The van der Waals surface area contributed by atoms with Crippen LogP contribution in [0.25, 0.3) is 4.85 Å². The minimum absolute atomic E-state index is 0.0134. The molecule has 4 amide bonds. The number of β-amino-alcohol motifs (C(OH)–C–C–N with tert-alkyl or cyclic N) is 1. The summed E-state index contributed by atoms with van der Waals surface area (Å²) in [4.78, 5) is 180. The zero-order valence-electron chi connectivity index (χ0n) is 85.6. The van der Waals surface area contributed by atoms with E-state index in [1.807, 2.05) is 90.1 Å². The lowest BCUT2D eigenvalue weighted by Gasteiger charge is -2.23. The molecule has 37 nitrogen and oxygen atoms in total. The van der Waals surface area contributed by atoms with E-state index < -0.39 is 83.7 Å². The van der Waals surface area contributed by atoms with Crippen LogP contribution in [-0.2, 0) is 60.0 Å². The van der Waals surface area contributed by atoms with E-state index >= 15 is 0 Å². The van der Waals surface area contributed by atoms with E-state index in [9.17, 15) is 91.8 Å². The summed E-state index contributed by atoms with van der Waals surface area (Å²) in [6, 6.07) is 34.8. The number of halogens is 2. The maximum atomic E-state index is 13.2. The Morgan fingerprint density at radius 2 is 0.667 bits per heavy atom. The van der Waals surface area contributed by atoms with Gasteiger partial charge in [-0.25, -0.2) is 23.6 Å². The van der Waals surface area contributed by atoms with Gasteiger partial charge < -0.3 is 89.3 Å². The van der Waals surface area contributed by atoms with E-state index in [-0.39, 0.29) is 178 Å². The van der Waals surface area contributed by atoms with E-state index in [1.165, 1.54) is 37.2 Å². The fraction of sp³-hybridized carbons (Fsp3) is 0.426. The number of guanidine groups is 4. The third kappa shape index (κ3) is 38.8. The van der Waals surface area contributed by atoms with Gasteiger partial charge in [0.15, 0.2) is 52.7 Å². The molecule has 0 saturated carbocycles. The number of aliphatic hydroxyl groups is 1. The summed E-state index contributed by atoms with van der Waals surface area (Å²) in [5, 5.41) is 81.4. The summed E-state index contributed by atoms with van der Waals surface area (Å²) in [6.07, 6.45) is 5.06. The van der Waals surface area contributed by atoms with Gasteiger partial charge in [-0.1, -0.05) is 190 Å². The van der Waals surface area contributed by atoms with Crippen LogP contribution < -0.4 is 63.8 Å². The topological polar surface area (TPSA) is 543 Å². The maximum absolute atomic E-state index is 13.2. The Kier molecular flexibility index (Phi) is 41.7. The van der Waals surface area contributed by atoms with E-state index in [2.05, 4.69) is 184 Å². The Morgan fingerprint density at radius 1 is 0.367 bits per heavy atom. The lowest BCUT2D eigenvalue weighted by molar-refractivity contribution is -0.138. The zero-order chi connectivity index (χ0) is 108. The Balaban J connectivity index is 0.000000218. The molecule has 0 bridgehead atoms. The highest BCUT2D eigenvalue weighted by Gasteiger charge is 2.31. The minimum Gasteiger partial charge on any atom is -0.481 e. The molecule has 12 rings (SSSR count). The summed E-state index contributed by atoms with van der Waals surface area (Å²) in [6.45, 7) is 39.6. The van der Waals surface area contributed by atoms with Gasteiger partial charge in [0.1, 0.15) is 12.3 Å². The lowest BCUT2D eigenvalue weighted by atomic mass is 9.81. The number of carboxylic acids is 4. The number of aliphatic hydroxyl groups excluding tert-OH is 1. The number of aliphatic imine (C=N–C) groups is 4. The van der Waals surface area contributed by atoms with Gasteiger partial charge in [0.05, 0.1) is 156 Å². The molecular formula is C108H134F2N20O17. The molecule has 39 heteroatoms. The average molecular weight is 2020 g/mol. The van der Waals surface area contributed by atoms with Crippen molar-refractivity contribution in [3.05, 3.63) is 247 Å². The Labute approximate surface area is 853 Å². The number of aromatic nitrogens is 3. The number of anilines is 4. The molecule has 147 heavy (non-hydrogen) atoms. The SMILES string of the molecule is Cc1cc([C@H](CC(=O)O)CC(=O)CNC(=O)c2cccc(NC3=NCCN3)c2)cc(C(C)(C)C)c1.Cc1cc([C@H](CC(=O)O)CC(=O)CNC(=O)c2cncc(NC3=NCC(F)CN3)c2)cc(C(C)(C)C)c1.Cc1cc([C@H](CC(=O)O)CC(=O)CNC(=O)c2cncc(NC3=NCC(F)CN3)c2)cc(C(C)(C)C)c1.[C-]#[N+]c1cc([C@H](CC(=O)O)CC(=O)CNC(=O)c2cncc(NC3=NCC(O)CN3)c2)cc(C(C)(C)C)c1. The van der Waals surface area contributed by atoms with Gasteiger partial charge in [0, 0.05) is 92.3 Å². The van der Waals surface area contributed by atoms with Crippen LogP contribution in [0.1, 0.15) is 261 Å². The van der Waals surface area contributed by atoms with Crippen LogP contribution in [0.4, 0.5) is 37.2 Å². The van der Waals surface area contributed by atoms with Gasteiger partial charge in [-0.2, -0.15) is 0 Å². The van der Waals surface area contributed by atoms with Crippen molar-refractivity contribution in [2.75, 3.05) is 99.8 Å². The summed E-state index contributed by atoms with van der Waals surface area (Å²) in [5.41, 5.74) is 13.2. The third-order valence-electron chi connectivity index (χ3n) is 23.8. The van der Waals surface area contributed by atoms with Crippen LogP contribution in [0.2, 0.25) is 0 Å². The second kappa shape index (κ2) is 53.3. The lowest BCUT2D eigenvalue weighted by Crippen LogP contribution is -2.42. The number of aryl methyl sites for hydroxylation is 3. The Hall–Kier alpha value is -15.6. The van der Waals surface area contributed by atoms with E-state index in [0.29, 0.717) is 76.5 Å². The van der Waals surface area contributed by atoms with Crippen LogP contribution in [0, 0.1) is 27.3 Å². The van der Waals surface area contributed by atoms with Crippen molar-refractivity contribution in [3.8, 4) is 0 Å². The number of alkyl halides is 2. The number of carboxylic acid groups (broad SMARTS) is 4. The molecule has 3 unspecified atom stereocenters. The number of nitrogens with zero attached hydrogens (tertiary/aromatic N) is 8. The number of rotatable bonds is 36. The van der Waals surface area contributed by atoms with Gasteiger partial charge in [0.2, 0.25) is 0 Å². The molecule has 0 aliphatic carbocycles. The molecule has 4 aliphatic rings. The van der Waals surface area contributed by atoms with Crippen molar-refractivity contribution >= 4 is 123 Å². The van der Waals surface area contributed by atoms with Crippen molar-refractivity contribution < 1.29 is 91.8 Å². The third-order valence-corrected chi connectivity index (χ3v) is 23.8. The molecule has 8 aromatic rings. The highest BCUT2D eigenvalue weighted by molar-refractivity contribution is 6.03. The number of carbonyl (C=O) groups excluding carboxylic acids is 8. The standard InChI is InChI=1S/2C27H34FN5O4.C27H32N6O5.C27H34N4O4/c2*1-16-5-17(7-20(6-16)27(2,3)4)18(10-24(35)36)9-23(34)15-30-25(37)19-8-22(14-29-11-19)33-26-31-12-21(28)13-32-26;1-27(2,3)19-5-16(6-20(10-19)28-4)17(9-24(36)37)8-22(34)13-30-25(38)18-7-21(12-29-11-18)33-26-31-14-23(35)15-32-26;1-17-10-19(12-21(11-17)27(2,3)4)20(15-24(33)34)14-23(32)16-30-25(35)18-6-5-7-22(13-18)31-26-28-8-9-29-26/h2*5-8,11,14,18,21H,9-10,12-13,15H2,1-4H3,(H,30,37)(H,35,36)(H2,31,32,33);5-7,10-12,17,23,35H,8-9,13-15H2,1-3H3,(H,30,38)(H,36,37)(H2,31,32,33);5-7,10-13,20H,8-9,14-16H2,1-4H3,(H,30,35)(H,33,34)(H2,28,29,31)/t2*18-;17-;20-/m0000/s1. The molecule has 0 radical (unpaired) electrons. The van der Waals surface area contributed by atoms with E-state index in [1.54, 1.807) is 48.5 Å². The predicted molar refractivity (Wildman–Crippen MR) is 560 cm³/mol. The average Bonchev–Trinajstić information content (AvgIpc) is 1.56. The molecule has 0 fully saturated rings. The van der Waals surface area contributed by atoms with Crippen LogP contribution in [0.3, 0.4) is 0 Å². The van der Waals surface area contributed by atoms with Crippen molar-refractivity contribution in [2.45, 2.75) is 219 Å². The minimum atomic E-state index is -1.06. The quantitative estimate of drug-likeness (QED) is 0.0162. The second-order valence-corrected chi connectivity index (χ2v) is 40.9. The molecule has 7 atom stereocenters. The number of Topliss-reactive ketones (excluding diaryl/α,β-unsaturated/α-hetero) is 4. The number of nitrogens with one attached hydrogen (secondary N) is 12. The van der Waals surface area contributed by atoms with Crippen LogP contribution in [-0.4, -0.2) is 232 Å². The molecule has 3 aromatic heterocycles. The van der Waals surface area contributed by atoms with Crippen molar-refractivity contribution in [3.63, 3.8) is 0 Å². The molecule has 0 spiro atoms.